The van der Waals surface area contributed by atoms with Gasteiger partial charge in [0.25, 0.3) is 0 Å². The number of hydrogen-bond acceptors (Lipinski definition) is 2. The third kappa shape index (κ3) is 2.97. The van der Waals surface area contributed by atoms with Crippen LogP contribution in [0.1, 0.15) is 6.92 Å². The van der Waals surface area contributed by atoms with Crippen molar-refractivity contribution in [2.45, 2.75) is 13.0 Å². The molecule has 0 bridgehead atoms. The van der Waals surface area contributed by atoms with Crippen molar-refractivity contribution in [2.24, 2.45) is 5.73 Å². The van der Waals surface area contributed by atoms with E-state index in [1.165, 1.54) is 6.07 Å². The van der Waals surface area contributed by atoms with E-state index < -0.39 is 0 Å². The van der Waals surface area contributed by atoms with Gasteiger partial charge in [-0.2, -0.15) is 0 Å². The molecule has 2 nitrogen and oxygen atoms in total. The molecule has 2 N–H and O–H groups in total. The molecule has 0 radical (unpaired) electrons. The summed E-state index contributed by atoms with van der Waals surface area (Å²) in [5, 5.41) is 0. The lowest BCUT2D eigenvalue weighted by atomic mass is 10.3. The molecule has 0 aliphatic carbocycles. The van der Waals surface area contributed by atoms with Crippen molar-refractivity contribution in [3.8, 4) is 5.75 Å². The summed E-state index contributed by atoms with van der Waals surface area (Å²) in [6, 6.07) is 4.66. The molecule has 1 rings (SSSR count). The first kappa shape index (κ1) is 10.5. The van der Waals surface area contributed by atoms with Crippen LogP contribution in [0, 0.1) is 5.82 Å². The van der Waals surface area contributed by atoms with Gasteiger partial charge in [0.05, 0.1) is 0 Å². The van der Waals surface area contributed by atoms with Crippen LogP contribution < -0.4 is 10.5 Å². The fraction of sp³-hybridized carbons (Fsp3) is 0.333. The van der Waals surface area contributed by atoms with Crippen LogP contribution in [-0.4, -0.2) is 12.6 Å². The highest BCUT2D eigenvalue weighted by atomic mass is 79.9. The van der Waals surface area contributed by atoms with Crippen LogP contribution in [0.3, 0.4) is 0 Å². The predicted octanol–water partition coefficient (Wildman–Crippen LogP) is 2.31. The summed E-state index contributed by atoms with van der Waals surface area (Å²) in [5.74, 6) is -0.143. The molecule has 0 heterocycles. The number of benzene rings is 1. The normalized spacial score (nSPS) is 12.6. The predicted molar refractivity (Wildman–Crippen MR) is 53.2 cm³/mol. The Kier molecular flexibility index (Phi) is 3.69. The third-order valence-corrected chi connectivity index (χ3v) is 2.05. The molecule has 1 aromatic carbocycles. The second kappa shape index (κ2) is 4.58. The molecule has 1 atom stereocenters. The smallest absolute Gasteiger partial charge is 0.166 e. The highest BCUT2D eigenvalue weighted by Gasteiger charge is 2.06. The van der Waals surface area contributed by atoms with Crippen molar-refractivity contribution < 1.29 is 9.13 Å². The zero-order valence-corrected chi connectivity index (χ0v) is 8.84. The van der Waals surface area contributed by atoms with Gasteiger partial charge in [0, 0.05) is 11.0 Å². The van der Waals surface area contributed by atoms with Gasteiger partial charge in [0.2, 0.25) is 0 Å². The van der Waals surface area contributed by atoms with Crippen molar-refractivity contribution in [1.82, 2.24) is 0 Å². The highest BCUT2D eigenvalue weighted by molar-refractivity contribution is 9.10. The van der Waals surface area contributed by atoms with E-state index in [9.17, 15) is 4.39 Å². The molecule has 0 aromatic heterocycles. The average Bonchev–Trinajstić information content (AvgIpc) is 2.09. The molecule has 1 aromatic rings. The zero-order chi connectivity index (χ0) is 9.84. The third-order valence-electron chi connectivity index (χ3n) is 1.55. The first-order valence-electron chi connectivity index (χ1n) is 3.95. The van der Waals surface area contributed by atoms with Gasteiger partial charge < -0.3 is 10.5 Å². The number of nitrogens with two attached hydrogens (primary N) is 1. The van der Waals surface area contributed by atoms with Crippen LogP contribution in [0.5, 0.6) is 5.75 Å². The highest BCUT2D eigenvalue weighted by Crippen LogP contribution is 2.22. The standard InChI is InChI=1S/C9H11BrFNO/c1-6(5-12)13-9-3-2-7(10)4-8(9)11/h2-4,6H,5,12H2,1H3. The topological polar surface area (TPSA) is 35.2 Å². The Morgan fingerprint density at radius 1 is 1.62 bits per heavy atom. The first-order chi connectivity index (χ1) is 6.13. The molecule has 0 aliphatic heterocycles. The molecule has 1 unspecified atom stereocenters. The molecule has 0 saturated carbocycles. The number of rotatable bonds is 3. The van der Waals surface area contributed by atoms with Gasteiger partial charge in [-0.05, 0) is 25.1 Å². The molecule has 0 spiro atoms. The average molecular weight is 248 g/mol. The van der Waals surface area contributed by atoms with Gasteiger partial charge >= 0.3 is 0 Å². The van der Waals surface area contributed by atoms with Crippen molar-refractivity contribution in [3.63, 3.8) is 0 Å². The summed E-state index contributed by atoms with van der Waals surface area (Å²) in [6.45, 7) is 2.16. The maximum absolute atomic E-state index is 13.2. The maximum Gasteiger partial charge on any atom is 0.166 e. The van der Waals surface area contributed by atoms with Crippen LogP contribution >= 0.6 is 15.9 Å². The van der Waals surface area contributed by atoms with E-state index in [2.05, 4.69) is 15.9 Å². The lowest BCUT2D eigenvalue weighted by molar-refractivity contribution is 0.219. The molecule has 0 amide bonds. The van der Waals surface area contributed by atoms with Crippen LogP contribution in [0.25, 0.3) is 0 Å². The van der Waals surface area contributed by atoms with E-state index in [-0.39, 0.29) is 17.7 Å². The summed E-state index contributed by atoms with van der Waals surface area (Å²) in [7, 11) is 0. The minimum Gasteiger partial charge on any atom is -0.486 e. The minimum absolute atomic E-state index is 0.171. The maximum atomic E-state index is 13.2. The van der Waals surface area contributed by atoms with Crippen molar-refractivity contribution >= 4 is 15.9 Å². The van der Waals surface area contributed by atoms with Gasteiger partial charge in [0.1, 0.15) is 6.10 Å². The molecule has 13 heavy (non-hydrogen) atoms. The zero-order valence-electron chi connectivity index (χ0n) is 7.26. The van der Waals surface area contributed by atoms with Gasteiger partial charge in [-0.25, -0.2) is 4.39 Å². The Morgan fingerprint density at radius 3 is 2.85 bits per heavy atom. The molecule has 0 fully saturated rings. The largest absolute Gasteiger partial charge is 0.486 e. The number of halogens is 2. The molecule has 72 valence electrons. The van der Waals surface area contributed by atoms with Crippen molar-refractivity contribution in [1.29, 1.82) is 0 Å². The molecule has 0 saturated heterocycles. The van der Waals surface area contributed by atoms with Crippen LogP contribution in [0.4, 0.5) is 4.39 Å². The summed E-state index contributed by atoms with van der Waals surface area (Å²) < 4.78 is 19.1. The summed E-state index contributed by atoms with van der Waals surface area (Å²) in [6.07, 6.45) is -0.171. The van der Waals surface area contributed by atoms with Crippen LogP contribution in [-0.2, 0) is 0 Å². The Labute approximate surface area is 85.0 Å². The van der Waals surface area contributed by atoms with E-state index in [0.29, 0.717) is 11.0 Å². The summed E-state index contributed by atoms with van der Waals surface area (Å²) >= 11 is 3.16. The Balaban J connectivity index is 2.77. The summed E-state index contributed by atoms with van der Waals surface area (Å²) in [5.41, 5.74) is 5.34. The molecular weight excluding hydrogens is 237 g/mol. The first-order valence-corrected chi connectivity index (χ1v) is 4.74. The van der Waals surface area contributed by atoms with Crippen molar-refractivity contribution in [2.75, 3.05) is 6.54 Å². The minimum atomic E-state index is -0.380. The molecular formula is C9H11BrFNO. The number of hydrogen-bond donors (Lipinski definition) is 1. The fourth-order valence-electron chi connectivity index (χ4n) is 0.836. The molecule has 4 heteroatoms. The Bertz CT molecular complexity index is 293. The van der Waals surface area contributed by atoms with E-state index in [1.54, 1.807) is 19.1 Å². The summed E-state index contributed by atoms with van der Waals surface area (Å²) in [4.78, 5) is 0. The van der Waals surface area contributed by atoms with E-state index >= 15 is 0 Å². The SMILES string of the molecule is CC(CN)Oc1ccc(Br)cc1F. The lowest BCUT2D eigenvalue weighted by Crippen LogP contribution is -2.23. The van der Waals surface area contributed by atoms with E-state index in [0.717, 1.165) is 0 Å². The monoisotopic (exact) mass is 247 g/mol. The Morgan fingerprint density at radius 2 is 2.31 bits per heavy atom. The van der Waals surface area contributed by atoms with Gasteiger partial charge in [-0.1, -0.05) is 15.9 Å². The van der Waals surface area contributed by atoms with E-state index in [4.69, 9.17) is 10.5 Å². The van der Waals surface area contributed by atoms with Gasteiger partial charge in [-0.15, -0.1) is 0 Å². The Hall–Kier alpha value is -0.610. The van der Waals surface area contributed by atoms with Crippen LogP contribution in [0.2, 0.25) is 0 Å². The quantitative estimate of drug-likeness (QED) is 0.890. The van der Waals surface area contributed by atoms with Crippen molar-refractivity contribution in [3.05, 3.63) is 28.5 Å². The van der Waals surface area contributed by atoms with Gasteiger partial charge in [-0.3, -0.25) is 0 Å². The molecule has 0 aliphatic rings. The van der Waals surface area contributed by atoms with E-state index in [1.807, 2.05) is 0 Å². The van der Waals surface area contributed by atoms with Crippen LogP contribution in [0.15, 0.2) is 22.7 Å². The second-order valence-electron chi connectivity index (χ2n) is 2.74. The lowest BCUT2D eigenvalue weighted by Gasteiger charge is -2.12. The number of ether oxygens (including phenoxy) is 1. The van der Waals surface area contributed by atoms with Gasteiger partial charge in [0.15, 0.2) is 11.6 Å². The fourth-order valence-corrected chi connectivity index (χ4v) is 1.17. The second-order valence-corrected chi connectivity index (χ2v) is 3.65.